The number of amides is 1. The third-order valence-corrected chi connectivity index (χ3v) is 9.63. The Morgan fingerprint density at radius 3 is 2.37 bits per heavy atom. The van der Waals surface area contributed by atoms with Crippen LogP contribution in [-0.4, -0.2) is 54.5 Å². The molecule has 1 fully saturated rings. The number of rotatable bonds is 12. The van der Waals surface area contributed by atoms with Crippen molar-refractivity contribution in [1.29, 1.82) is 0 Å². The van der Waals surface area contributed by atoms with Gasteiger partial charge in [-0.2, -0.15) is 13.2 Å². The lowest BCUT2D eigenvalue weighted by Gasteiger charge is -2.23. The monoisotopic (exact) mass is 702 g/mol. The fourth-order valence-electron chi connectivity index (χ4n) is 4.85. The molecule has 1 aliphatic rings. The molecule has 0 bridgehead atoms. The summed E-state index contributed by atoms with van der Waals surface area (Å²) < 4.78 is 69.6. The van der Waals surface area contributed by atoms with Gasteiger partial charge in [-0.15, -0.1) is 0 Å². The molecular formula is C34H37F3N4O7S. The number of pyridine rings is 1. The quantitative estimate of drug-likeness (QED) is 0.137. The van der Waals surface area contributed by atoms with Gasteiger partial charge < -0.3 is 30.9 Å². The van der Waals surface area contributed by atoms with Gasteiger partial charge in [0.1, 0.15) is 11.9 Å². The number of nitrogen functional groups attached to an aromatic ring is 1. The van der Waals surface area contributed by atoms with Crippen molar-refractivity contribution in [3.8, 4) is 11.5 Å². The summed E-state index contributed by atoms with van der Waals surface area (Å²) >= 11 is 0. The molecule has 262 valence electrons. The molecule has 1 aromatic heterocycles. The lowest BCUT2D eigenvalue weighted by Crippen LogP contribution is -2.33. The summed E-state index contributed by atoms with van der Waals surface area (Å²) in [7, 11) is -3.43. The number of ether oxygens (including phenoxy) is 2. The van der Waals surface area contributed by atoms with Gasteiger partial charge in [0.15, 0.2) is 21.3 Å². The minimum atomic E-state index is -5.08. The summed E-state index contributed by atoms with van der Waals surface area (Å²) in [5.41, 5.74) is 7.95. The van der Waals surface area contributed by atoms with E-state index in [0.717, 1.165) is 10.8 Å². The molecule has 3 aromatic carbocycles. The maximum absolute atomic E-state index is 13.9. The molecule has 1 amide bonds. The second kappa shape index (κ2) is 15.4. The molecule has 4 aromatic rings. The molecule has 49 heavy (non-hydrogen) atoms. The van der Waals surface area contributed by atoms with Crippen molar-refractivity contribution in [2.45, 2.75) is 68.6 Å². The molecule has 1 atom stereocenters. The van der Waals surface area contributed by atoms with E-state index in [1.54, 1.807) is 42.6 Å². The Bertz CT molecular complexity index is 1920. The number of hydrogen-bond acceptors (Lipinski definition) is 9. The first-order valence-corrected chi connectivity index (χ1v) is 16.9. The first-order valence-electron chi connectivity index (χ1n) is 15.4. The smallest absolute Gasteiger partial charge is 0.490 e. The number of aliphatic carboxylic acids is 1. The Morgan fingerprint density at radius 1 is 1.04 bits per heavy atom. The number of halogens is 3. The molecule has 11 nitrogen and oxygen atoms in total. The number of sulfone groups is 1. The van der Waals surface area contributed by atoms with Crippen LogP contribution < -0.4 is 25.8 Å². The summed E-state index contributed by atoms with van der Waals surface area (Å²) in [6.45, 7) is 6.24. The van der Waals surface area contributed by atoms with Gasteiger partial charge in [-0.1, -0.05) is 24.3 Å². The van der Waals surface area contributed by atoms with Crippen LogP contribution in [-0.2, 0) is 26.0 Å². The average Bonchev–Trinajstić information content (AvgIpc) is 3.90. The molecule has 0 aliphatic heterocycles. The van der Waals surface area contributed by atoms with Crippen molar-refractivity contribution in [3.05, 3.63) is 84.1 Å². The number of carboxylic acid groups (broad SMARTS) is 1. The van der Waals surface area contributed by atoms with E-state index < -0.39 is 28.0 Å². The van der Waals surface area contributed by atoms with Gasteiger partial charge in [0.25, 0.3) is 0 Å². The number of carbonyl (C=O) groups excluding carboxylic acids is 1. The third kappa shape index (κ3) is 9.53. The fourth-order valence-corrected chi connectivity index (χ4v) is 6.74. The fraction of sp³-hybridized carbons (Fsp3) is 0.324. The van der Waals surface area contributed by atoms with E-state index in [2.05, 4.69) is 15.6 Å². The topological polar surface area (TPSA) is 170 Å². The van der Waals surface area contributed by atoms with Crippen LogP contribution in [0.3, 0.4) is 0 Å². The molecule has 5 rings (SSSR count). The Labute approximate surface area is 281 Å². The van der Waals surface area contributed by atoms with E-state index >= 15 is 0 Å². The van der Waals surface area contributed by atoms with Gasteiger partial charge >= 0.3 is 12.1 Å². The number of benzene rings is 3. The van der Waals surface area contributed by atoms with Crippen LogP contribution in [0.5, 0.6) is 11.5 Å². The van der Waals surface area contributed by atoms with E-state index in [1.807, 2.05) is 51.1 Å². The largest absolute Gasteiger partial charge is 0.490 e. The molecule has 0 unspecified atom stereocenters. The molecule has 1 aliphatic carbocycles. The number of hydrogen-bond donors (Lipinski definition) is 4. The minimum absolute atomic E-state index is 0.0567. The Balaban J connectivity index is 0.000000698. The zero-order valence-corrected chi connectivity index (χ0v) is 27.8. The highest BCUT2D eigenvalue weighted by atomic mass is 32.2. The lowest BCUT2D eigenvalue weighted by atomic mass is 10.0. The van der Waals surface area contributed by atoms with Crippen LogP contribution in [0.2, 0.25) is 0 Å². The SMILES string of the molecule is CCOc1cc([C@H](Nc2ccc3c(N)nccc3c2)C(=O)NCc2ccccc2S(=O)(=O)C2CC2)ccc1OC(C)C.O=C(O)C(F)(F)F. The highest BCUT2D eigenvalue weighted by Crippen LogP contribution is 2.36. The number of fused-ring (bicyclic) bond motifs is 1. The first kappa shape index (κ1) is 36.8. The van der Waals surface area contributed by atoms with Crippen LogP contribution in [0.25, 0.3) is 10.8 Å². The maximum atomic E-state index is 13.9. The van der Waals surface area contributed by atoms with Crippen LogP contribution >= 0.6 is 0 Å². The number of aromatic nitrogens is 1. The molecule has 0 radical (unpaired) electrons. The van der Waals surface area contributed by atoms with E-state index in [-0.39, 0.29) is 28.7 Å². The highest BCUT2D eigenvalue weighted by Gasteiger charge is 2.39. The third-order valence-electron chi connectivity index (χ3n) is 7.27. The second-order valence-electron chi connectivity index (χ2n) is 11.4. The van der Waals surface area contributed by atoms with Crippen LogP contribution in [0.15, 0.2) is 77.8 Å². The van der Waals surface area contributed by atoms with Gasteiger partial charge in [0.2, 0.25) is 5.91 Å². The predicted octanol–water partition coefficient (Wildman–Crippen LogP) is 6.04. The molecule has 15 heteroatoms. The highest BCUT2D eigenvalue weighted by molar-refractivity contribution is 7.92. The normalized spacial score (nSPS) is 13.6. The number of carboxylic acids is 1. The molecule has 0 spiro atoms. The second-order valence-corrected chi connectivity index (χ2v) is 13.6. The first-order chi connectivity index (χ1) is 23.1. The summed E-state index contributed by atoms with van der Waals surface area (Å²) in [5, 5.41) is 14.8. The van der Waals surface area contributed by atoms with Gasteiger partial charge in [-0.05, 0) is 92.6 Å². The van der Waals surface area contributed by atoms with Crippen molar-refractivity contribution in [1.82, 2.24) is 10.3 Å². The Hall–Kier alpha value is -5.05. The summed E-state index contributed by atoms with van der Waals surface area (Å²) in [6, 6.07) is 18.9. The number of nitrogens with zero attached hydrogens (tertiary/aromatic N) is 1. The number of anilines is 2. The minimum Gasteiger partial charge on any atom is -0.490 e. The molecule has 1 saturated carbocycles. The van der Waals surface area contributed by atoms with Crippen molar-refractivity contribution in [2.75, 3.05) is 17.7 Å². The lowest BCUT2D eigenvalue weighted by molar-refractivity contribution is -0.192. The van der Waals surface area contributed by atoms with Crippen molar-refractivity contribution in [2.24, 2.45) is 0 Å². The van der Waals surface area contributed by atoms with Gasteiger partial charge in [-0.3, -0.25) is 4.79 Å². The zero-order valence-electron chi connectivity index (χ0n) is 27.0. The standard InChI is InChI=1S/C32H36N4O5S.C2HF3O2/c1-4-40-28-18-22(9-14-27(28)41-20(2)3)30(36-24-10-13-26-21(17-24)15-16-34-31(26)33)32(37)35-19-23-7-5-6-8-29(23)42(38,39)25-11-12-25;3-2(4,5)1(6)7/h5-10,13-18,20,25,30,36H,4,11-12,19H2,1-3H3,(H2,33,34)(H,35,37);(H,6,7)/t30-;/m0./s1. The van der Waals surface area contributed by atoms with Crippen LogP contribution in [0.1, 0.15) is 50.8 Å². The van der Waals surface area contributed by atoms with Crippen molar-refractivity contribution in [3.63, 3.8) is 0 Å². The van der Waals surface area contributed by atoms with E-state index in [1.165, 1.54) is 0 Å². The number of nitrogens with two attached hydrogens (primary N) is 1. The van der Waals surface area contributed by atoms with Crippen molar-refractivity contribution >= 4 is 44.0 Å². The van der Waals surface area contributed by atoms with Gasteiger partial charge in [0.05, 0.1) is 22.9 Å². The Kier molecular flexibility index (Phi) is 11.6. The van der Waals surface area contributed by atoms with Gasteiger partial charge in [0, 0.05) is 23.8 Å². The number of nitrogens with one attached hydrogen (secondary N) is 2. The Morgan fingerprint density at radius 2 is 1.73 bits per heavy atom. The predicted molar refractivity (Wildman–Crippen MR) is 178 cm³/mol. The van der Waals surface area contributed by atoms with E-state index in [0.29, 0.717) is 53.6 Å². The molecule has 1 heterocycles. The van der Waals surface area contributed by atoms with E-state index in [9.17, 15) is 26.4 Å². The molecule has 0 saturated heterocycles. The summed E-state index contributed by atoms with van der Waals surface area (Å²) in [4.78, 5) is 27.2. The number of carbonyl (C=O) groups is 2. The van der Waals surface area contributed by atoms with Crippen LogP contribution in [0, 0.1) is 0 Å². The van der Waals surface area contributed by atoms with Gasteiger partial charge in [-0.25, -0.2) is 18.2 Å². The number of alkyl halides is 3. The summed E-state index contributed by atoms with van der Waals surface area (Å²) in [5.74, 6) is -1.55. The van der Waals surface area contributed by atoms with E-state index in [4.69, 9.17) is 25.1 Å². The maximum Gasteiger partial charge on any atom is 0.490 e. The average molecular weight is 703 g/mol. The molecular weight excluding hydrogens is 665 g/mol. The summed E-state index contributed by atoms with van der Waals surface area (Å²) in [6.07, 6.45) is -2.16. The zero-order chi connectivity index (χ0) is 35.9. The van der Waals surface area contributed by atoms with Crippen LogP contribution in [0.4, 0.5) is 24.7 Å². The molecule has 5 N–H and O–H groups in total. The van der Waals surface area contributed by atoms with Crippen molar-refractivity contribution < 1.29 is 45.8 Å².